The molecule has 0 bridgehead atoms. The third kappa shape index (κ3) is 2.74. The summed E-state index contributed by atoms with van der Waals surface area (Å²) in [5.74, 6) is 0.309. The predicted molar refractivity (Wildman–Crippen MR) is 71.9 cm³/mol. The number of hydrogen-bond acceptors (Lipinski definition) is 5. The maximum atomic E-state index is 11.9. The number of carbonyl (C=O) groups is 1. The summed E-state index contributed by atoms with van der Waals surface area (Å²) in [5.41, 5.74) is 1.53. The Kier molecular flexibility index (Phi) is 3.44. The first kappa shape index (κ1) is 12.5. The highest BCUT2D eigenvalue weighted by molar-refractivity contribution is 7.99. The molecule has 1 aromatic heterocycles. The van der Waals surface area contributed by atoms with Crippen molar-refractivity contribution in [2.75, 3.05) is 18.8 Å². The van der Waals surface area contributed by atoms with E-state index in [0.717, 1.165) is 11.1 Å². The van der Waals surface area contributed by atoms with E-state index in [1.165, 1.54) is 11.8 Å². The molecule has 6 heteroatoms. The Morgan fingerprint density at radius 1 is 1.53 bits per heavy atom. The maximum Gasteiger partial charge on any atom is 0.257 e. The van der Waals surface area contributed by atoms with Crippen molar-refractivity contribution >= 4 is 28.8 Å². The van der Waals surface area contributed by atoms with Crippen LogP contribution in [0.5, 0.6) is 0 Å². The lowest BCUT2D eigenvalue weighted by atomic mass is 10.3. The van der Waals surface area contributed by atoms with Gasteiger partial charge >= 0.3 is 0 Å². The van der Waals surface area contributed by atoms with Crippen LogP contribution < -0.4 is 0 Å². The number of hydrogen-bond donors (Lipinski definition) is 1. The molecule has 2 aromatic rings. The van der Waals surface area contributed by atoms with Gasteiger partial charge < -0.3 is 14.4 Å². The molecule has 1 N–H and O–H groups in total. The number of amides is 1. The summed E-state index contributed by atoms with van der Waals surface area (Å²) in [6.45, 7) is 1.07. The van der Waals surface area contributed by atoms with Gasteiger partial charge in [-0.1, -0.05) is 23.9 Å². The van der Waals surface area contributed by atoms with Gasteiger partial charge in [-0.05, 0) is 18.6 Å². The van der Waals surface area contributed by atoms with E-state index in [1.807, 2.05) is 24.3 Å². The Morgan fingerprint density at radius 2 is 2.37 bits per heavy atom. The number of aromatic nitrogens is 1. The van der Waals surface area contributed by atoms with E-state index in [0.29, 0.717) is 30.5 Å². The summed E-state index contributed by atoms with van der Waals surface area (Å²) in [7, 11) is 0. The Morgan fingerprint density at radius 3 is 3.11 bits per heavy atom. The van der Waals surface area contributed by atoms with Gasteiger partial charge in [0.15, 0.2) is 5.58 Å². The maximum absolute atomic E-state index is 11.9. The average Bonchev–Trinajstić information content (AvgIpc) is 3.01. The molecule has 0 spiro atoms. The minimum atomic E-state index is -0.377. The smallest absolute Gasteiger partial charge is 0.257 e. The van der Waals surface area contributed by atoms with E-state index in [-0.39, 0.29) is 12.0 Å². The van der Waals surface area contributed by atoms with Crippen molar-refractivity contribution in [3.05, 3.63) is 24.3 Å². The number of benzene rings is 1. The highest BCUT2D eigenvalue weighted by Crippen LogP contribution is 2.23. The van der Waals surface area contributed by atoms with Crippen molar-refractivity contribution < 1.29 is 14.3 Å². The van der Waals surface area contributed by atoms with Crippen molar-refractivity contribution in [3.8, 4) is 0 Å². The summed E-state index contributed by atoms with van der Waals surface area (Å²) >= 11 is 1.29. The van der Waals surface area contributed by atoms with Crippen LogP contribution in [0, 0.1) is 0 Å². The lowest BCUT2D eigenvalue weighted by Crippen LogP contribution is -2.30. The van der Waals surface area contributed by atoms with Crippen LogP contribution >= 0.6 is 11.8 Å². The Labute approximate surface area is 114 Å². The number of β-amino-alcohol motifs (C(OH)–C–C–N with tert-alkyl or cyclic N) is 1. The molecule has 2 heterocycles. The van der Waals surface area contributed by atoms with Crippen LogP contribution in [-0.4, -0.2) is 45.8 Å². The van der Waals surface area contributed by atoms with Gasteiger partial charge in [-0.3, -0.25) is 4.79 Å². The summed E-state index contributed by atoms with van der Waals surface area (Å²) < 4.78 is 5.53. The van der Waals surface area contributed by atoms with Crippen molar-refractivity contribution in [1.29, 1.82) is 0 Å². The van der Waals surface area contributed by atoms with Crippen molar-refractivity contribution in [3.63, 3.8) is 0 Å². The highest BCUT2D eigenvalue weighted by atomic mass is 32.2. The van der Waals surface area contributed by atoms with Crippen LogP contribution in [0.1, 0.15) is 6.42 Å². The SMILES string of the molecule is O=C(CSc1nc2ccccc2o1)N1CC[C@@H](O)C1. The molecule has 0 radical (unpaired) electrons. The topological polar surface area (TPSA) is 66.6 Å². The van der Waals surface area contributed by atoms with Gasteiger partial charge in [-0.15, -0.1) is 0 Å². The van der Waals surface area contributed by atoms with Gasteiger partial charge in [0.05, 0.1) is 11.9 Å². The zero-order valence-corrected chi connectivity index (χ0v) is 11.1. The van der Waals surface area contributed by atoms with Gasteiger partial charge in [0.1, 0.15) is 5.52 Å². The molecule has 1 aromatic carbocycles. The van der Waals surface area contributed by atoms with Crippen LogP contribution in [0.3, 0.4) is 0 Å². The van der Waals surface area contributed by atoms with E-state index < -0.39 is 0 Å². The quantitative estimate of drug-likeness (QED) is 0.862. The largest absolute Gasteiger partial charge is 0.431 e. The van der Waals surface area contributed by atoms with Gasteiger partial charge in [0, 0.05) is 13.1 Å². The van der Waals surface area contributed by atoms with E-state index in [9.17, 15) is 9.90 Å². The number of fused-ring (bicyclic) bond motifs is 1. The van der Waals surface area contributed by atoms with Crippen LogP contribution in [0.15, 0.2) is 33.9 Å². The molecule has 19 heavy (non-hydrogen) atoms. The first-order chi connectivity index (χ1) is 9.22. The van der Waals surface area contributed by atoms with Gasteiger partial charge in [0.2, 0.25) is 5.91 Å². The fourth-order valence-corrected chi connectivity index (χ4v) is 2.84. The first-order valence-corrected chi connectivity index (χ1v) is 7.15. The van der Waals surface area contributed by atoms with E-state index in [4.69, 9.17) is 4.42 Å². The van der Waals surface area contributed by atoms with Gasteiger partial charge in [-0.25, -0.2) is 4.98 Å². The number of aliphatic hydroxyl groups excluding tert-OH is 1. The van der Waals surface area contributed by atoms with Crippen LogP contribution in [0.25, 0.3) is 11.1 Å². The Hall–Kier alpha value is -1.53. The number of oxazole rings is 1. The average molecular weight is 278 g/mol. The van der Waals surface area contributed by atoms with E-state index >= 15 is 0 Å². The zero-order valence-electron chi connectivity index (χ0n) is 10.3. The number of thioether (sulfide) groups is 1. The second-order valence-electron chi connectivity index (χ2n) is 4.52. The van der Waals surface area contributed by atoms with Gasteiger partial charge in [-0.2, -0.15) is 0 Å². The molecule has 1 saturated heterocycles. The molecule has 5 nitrogen and oxygen atoms in total. The first-order valence-electron chi connectivity index (χ1n) is 6.16. The molecule has 0 saturated carbocycles. The standard InChI is InChI=1S/C13H14N2O3S/c16-9-5-6-15(7-9)12(17)8-19-13-14-10-3-1-2-4-11(10)18-13/h1-4,9,16H,5-8H2/t9-/m1/s1. The normalized spacial score (nSPS) is 19.2. The summed E-state index contributed by atoms with van der Waals surface area (Å²) in [6, 6.07) is 7.52. The molecule has 0 aliphatic carbocycles. The number of para-hydroxylation sites is 2. The lowest BCUT2D eigenvalue weighted by Gasteiger charge is -2.14. The molecule has 3 rings (SSSR count). The van der Waals surface area contributed by atoms with Crippen LogP contribution in [0.2, 0.25) is 0 Å². The minimum absolute atomic E-state index is 0.0174. The predicted octanol–water partition coefficient (Wildman–Crippen LogP) is 1.51. The van der Waals surface area contributed by atoms with Crippen LogP contribution in [-0.2, 0) is 4.79 Å². The number of likely N-dealkylation sites (tertiary alicyclic amines) is 1. The third-order valence-electron chi connectivity index (χ3n) is 3.11. The summed E-state index contributed by atoms with van der Waals surface area (Å²) in [6.07, 6.45) is 0.289. The molecule has 100 valence electrons. The Balaban J connectivity index is 1.61. The molecule has 1 atom stereocenters. The van der Waals surface area contributed by atoms with Gasteiger partial charge in [0.25, 0.3) is 5.22 Å². The molecular weight excluding hydrogens is 264 g/mol. The molecular formula is C13H14N2O3S. The molecule has 1 aliphatic heterocycles. The van der Waals surface area contributed by atoms with Crippen molar-refractivity contribution in [2.45, 2.75) is 17.7 Å². The number of nitrogens with zero attached hydrogens (tertiary/aromatic N) is 2. The molecule has 1 aliphatic rings. The number of rotatable bonds is 3. The second-order valence-corrected chi connectivity index (χ2v) is 5.45. The number of aliphatic hydroxyl groups is 1. The fourth-order valence-electron chi connectivity index (χ4n) is 2.10. The van der Waals surface area contributed by atoms with Crippen LogP contribution in [0.4, 0.5) is 0 Å². The van der Waals surface area contributed by atoms with Crippen molar-refractivity contribution in [2.24, 2.45) is 0 Å². The lowest BCUT2D eigenvalue weighted by molar-refractivity contribution is -0.127. The number of carbonyl (C=O) groups excluding carboxylic acids is 1. The Bertz CT molecular complexity index is 565. The third-order valence-corrected chi connectivity index (χ3v) is 3.92. The summed E-state index contributed by atoms with van der Waals surface area (Å²) in [4.78, 5) is 17.9. The zero-order chi connectivity index (χ0) is 13.2. The second kappa shape index (κ2) is 5.22. The molecule has 1 amide bonds. The monoisotopic (exact) mass is 278 g/mol. The minimum Gasteiger partial charge on any atom is -0.431 e. The molecule has 1 fully saturated rings. The summed E-state index contributed by atoms with van der Waals surface area (Å²) in [5, 5.41) is 9.91. The molecule has 0 unspecified atom stereocenters. The fraction of sp³-hybridized carbons (Fsp3) is 0.385. The van der Waals surface area contributed by atoms with E-state index in [1.54, 1.807) is 4.90 Å². The van der Waals surface area contributed by atoms with E-state index in [2.05, 4.69) is 4.98 Å². The highest BCUT2D eigenvalue weighted by Gasteiger charge is 2.24. The van der Waals surface area contributed by atoms with Crippen molar-refractivity contribution in [1.82, 2.24) is 9.88 Å².